The molecule has 17 heavy (non-hydrogen) atoms. The minimum atomic E-state index is 0.0772. The second-order valence-electron chi connectivity index (χ2n) is 3.90. The molecule has 0 saturated carbocycles. The molecule has 0 aliphatic heterocycles. The molecule has 0 radical (unpaired) electrons. The van der Waals surface area contributed by atoms with Crippen molar-refractivity contribution in [1.29, 1.82) is 0 Å². The van der Waals surface area contributed by atoms with Crippen LogP contribution in [-0.4, -0.2) is 25.5 Å². The third-order valence-electron chi connectivity index (χ3n) is 2.40. The Morgan fingerprint density at radius 2 is 1.94 bits per heavy atom. The second kappa shape index (κ2) is 8.14. The summed E-state index contributed by atoms with van der Waals surface area (Å²) in [6, 6.07) is 7.66. The van der Waals surface area contributed by atoms with Crippen molar-refractivity contribution >= 4 is 18.5 Å². The highest BCUT2D eigenvalue weighted by Gasteiger charge is 2.02. The third kappa shape index (κ3) is 6.34. The van der Waals surface area contributed by atoms with Gasteiger partial charge < -0.3 is 10.6 Å². The lowest BCUT2D eigenvalue weighted by molar-refractivity contribution is -0.120. The Hall–Kier alpha value is -1.00. The smallest absolute Gasteiger partial charge is 0.224 e. The monoisotopic (exact) mass is 252 g/mol. The summed E-state index contributed by atoms with van der Waals surface area (Å²) in [6.07, 6.45) is 1.41. The van der Waals surface area contributed by atoms with Gasteiger partial charge in [0.25, 0.3) is 0 Å². The molecule has 1 aromatic rings. The number of amides is 1. The number of nitrogens with one attached hydrogen (secondary N) is 2. The first-order valence-electron chi connectivity index (χ1n) is 5.97. The highest BCUT2D eigenvalue weighted by molar-refractivity contribution is 7.80. The van der Waals surface area contributed by atoms with Gasteiger partial charge in [-0.05, 0) is 37.2 Å². The Labute approximate surface area is 108 Å². The lowest BCUT2D eigenvalue weighted by atomic mass is 10.1. The van der Waals surface area contributed by atoms with E-state index in [0.29, 0.717) is 6.42 Å². The summed E-state index contributed by atoms with van der Waals surface area (Å²) in [5, 5.41) is 6.12. The average Bonchev–Trinajstić information content (AvgIpc) is 2.32. The van der Waals surface area contributed by atoms with Crippen molar-refractivity contribution in [2.45, 2.75) is 24.7 Å². The van der Waals surface area contributed by atoms with Gasteiger partial charge in [-0.2, -0.15) is 0 Å². The fourth-order valence-corrected chi connectivity index (χ4v) is 1.63. The number of carbonyl (C=O) groups is 1. The normalized spacial score (nSPS) is 10.2. The molecule has 1 amide bonds. The summed E-state index contributed by atoms with van der Waals surface area (Å²) in [5.41, 5.74) is 1.02. The first kappa shape index (κ1) is 14.1. The van der Waals surface area contributed by atoms with Gasteiger partial charge in [0.1, 0.15) is 0 Å². The van der Waals surface area contributed by atoms with Crippen LogP contribution in [0.2, 0.25) is 0 Å². The van der Waals surface area contributed by atoms with Crippen LogP contribution in [0.4, 0.5) is 0 Å². The van der Waals surface area contributed by atoms with Crippen LogP contribution < -0.4 is 10.6 Å². The summed E-state index contributed by atoms with van der Waals surface area (Å²) in [5.74, 6) is 0.0772. The van der Waals surface area contributed by atoms with Gasteiger partial charge in [-0.3, -0.25) is 4.79 Å². The molecule has 2 N–H and O–H groups in total. The van der Waals surface area contributed by atoms with Gasteiger partial charge in [-0.1, -0.05) is 19.1 Å². The average molecular weight is 252 g/mol. The molecule has 0 spiro atoms. The molecule has 0 aliphatic rings. The maximum absolute atomic E-state index is 11.6. The van der Waals surface area contributed by atoms with Gasteiger partial charge in [0.05, 0.1) is 6.42 Å². The Bertz CT molecular complexity index is 338. The summed E-state index contributed by atoms with van der Waals surface area (Å²) in [4.78, 5) is 12.5. The maximum Gasteiger partial charge on any atom is 0.224 e. The summed E-state index contributed by atoms with van der Waals surface area (Å²) >= 11 is 4.20. The van der Waals surface area contributed by atoms with Crippen LogP contribution in [0.1, 0.15) is 18.9 Å². The Balaban J connectivity index is 2.18. The van der Waals surface area contributed by atoms with Crippen molar-refractivity contribution in [3.05, 3.63) is 29.8 Å². The van der Waals surface area contributed by atoms with Crippen molar-refractivity contribution in [2.75, 3.05) is 19.6 Å². The quantitative estimate of drug-likeness (QED) is 0.510. The number of thiol groups is 1. The molecule has 94 valence electrons. The first-order chi connectivity index (χ1) is 8.22. The third-order valence-corrected chi connectivity index (χ3v) is 2.70. The topological polar surface area (TPSA) is 41.1 Å². The van der Waals surface area contributed by atoms with Crippen LogP contribution in [0.5, 0.6) is 0 Å². The van der Waals surface area contributed by atoms with E-state index in [-0.39, 0.29) is 5.91 Å². The molecule has 1 aromatic carbocycles. The molecule has 0 fully saturated rings. The van der Waals surface area contributed by atoms with Gasteiger partial charge >= 0.3 is 0 Å². The van der Waals surface area contributed by atoms with Crippen LogP contribution in [0.25, 0.3) is 0 Å². The number of hydrogen-bond donors (Lipinski definition) is 3. The van der Waals surface area contributed by atoms with Crippen LogP contribution in [0.3, 0.4) is 0 Å². The zero-order valence-electron chi connectivity index (χ0n) is 10.2. The number of rotatable bonds is 7. The van der Waals surface area contributed by atoms with Gasteiger partial charge in [0.2, 0.25) is 5.91 Å². The zero-order chi connectivity index (χ0) is 12.5. The Morgan fingerprint density at radius 3 is 2.59 bits per heavy atom. The van der Waals surface area contributed by atoms with E-state index >= 15 is 0 Å². The Morgan fingerprint density at radius 1 is 1.24 bits per heavy atom. The fraction of sp³-hybridized carbons (Fsp3) is 0.462. The molecule has 0 unspecified atom stereocenters. The molecule has 0 saturated heterocycles. The summed E-state index contributed by atoms with van der Waals surface area (Å²) in [7, 11) is 0. The molecule has 3 nitrogen and oxygen atoms in total. The minimum absolute atomic E-state index is 0.0772. The fourth-order valence-electron chi connectivity index (χ4n) is 1.48. The maximum atomic E-state index is 11.6. The van der Waals surface area contributed by atoms with Crippen LogP contribution in [-0.2, 0) is 11.2 Å². The van der Waals surface area contributed by atoms with Gasteiger partial charge in [0.15, 0.2) is 0 Å². The van der Waals surface area contributed by atoms with E-state index in [1.54, 1.807) is 0 Å². The standard InChI is InChI=1S/C13H20N2OS/c1-2-14-8-3-9-15-13(16)10-11-4-6-12(17)7-5-11/h4-7,14,17H,2-3,8-10H2,1H3,(H,15,16). The zero-order valence-corrected chi connectivity index (χ0v) is 11.1. The van der Waals surface area contributed by atoms with Crippen molar-refractivity contribution in [3.63, 3.8) is 0 Å². The number of hydrogen-bond acceptors (Lipinski definition) is 3. The number of benzene rings is 1. The van der Waals surface area contributed by atoms with Crippen LogP contribution >= 0.6 is 12.6 Å². The predicted molar refractivity (Wildman–Crippen MR) is 73.6 cm³/mol. The second-order valence-corrected chi connectivity index (χ2v) is 4.42. The molecule has 0 heterocycles. The van der Waals surface area contributed by atoms with Crippen LogP contribution in [0.15, 0.2) is 29.2 Å². The van der Waals surface area contributed by atoms with E-state index < -0.39 is 0 Å². The van der Waals surface area contributed by atoms with Crippen molar-refractivity contribution < 1.29 is 4.79 Å². The van der Waals surface area contributed by atoms with Crippen LogP contribution in [0, 0.1) is 0 Å². The van der Waals surface area contributed by atoms with Gasteiger partial charge in [-0.25, -0.2) is 0 Å². The molecule has 0 bridgehead atoms. The minimum Gasteiger partial charge on any atom is -0.356 e. The van der Waals surface area contributed by atoms with E-state index in [1.807, 2.05) is 24.3 Å². The molecular weight excluding hydrogens is 232 g/mol. The van der Waals surface area contributed by atoms with Gasteiger partial charge in [0, 0.05) is 11.4 Å². The molecule has 0 aromatic heterocycles. The molecule has 1 rings (SSSR count). The van der Waals surface area contributed by atoms with Crippen molar-refractivity contribution in [2.24, 2.45) is 0 Å². The van der Waals surface area contributed by atoms with Gasteiger partial charge in [-0.15, -0.1) is 12.6 Å². The summed E-state index contributed by atoms with van der Waals surface area (Å²) < 4.78 is 0. The highest BCUT2D eigenvalue weighted by atomic mass is 32.1. The number of carbonyl (C=O) groups excluding carboxylic acids is 1. The molecule has 4 heteroatoms. The first-order valence-corrected chi connectivity index (χ1v) is 6.42. The predicted octanol–water partition coefficient (Wildman–Crippen LogP) is 1.63. The van der Waals surface area contributed by atoms with Crippen molar-refractivity contribution in [3.8, 4) is 0 Å². The largest absolute Gasteiger partial charge is 0.356 e. The lowest BCUT2D eigenvalue weighted by Gasteiger charge is -2.05. The highest BCUT2D eigenvalue weighted by Crippen LogP contribution is 2.07. The van der Waals surface area contributed by atoms with E-state index in [0.717, 1.165) is 36.5 Å². The molecule has 0 atom stereocenters. The molecule has 0 aliphatic carbocycles. The molecular formula is C13H20N2OS. The van der Waals surface area contributed by atoms with E-state index in [4.69, 9.17) is 0 Å². The summed E-state index contributed by atoms with van der Waals surface area (Å²) in [6.45, 7) is 4.73. The van der Waals surface area contributed by atoms with Crippen molar-refractivity contribution in [1.82, 2.24) is 10.6 Å². The van der Waals surface area contributed by atoms with E-state index in [9.17, 15) is 4.79 Å². The SMILES string of the molecule is CCNCCCNC(=O)Cc1ccc(S)cc1. The lowest BCUT2D eigenvalue weighted by Crippen LogP contribution is -2.28. The van der Waals surface area contributed by atoms with E-state index in [2.05, 4.69) is 30.2 Å². The Kier molecular flexibility index (Phi) is 6.74. The van der Waals surface area contributed by atoms with E-state index in [1.165, 1.54) is 0 Å².